The van der Waals surface area contributed by atoms with Gasteiger partial charge >= 0.3 is 0 Å². The van der Waals surface area contributed by atoms with Gasteiger partial charge in [0.15, 0.2) is 0 Å². The molecule has 1 unspecified atom stereocenters. The van der Waals surface area contributed by atoms with Crippen LogP contribution in [0.5, 0.6) is 0 Å². The van der Waals surface area contributed by atoms with E-state index in [0.29, 0.717) is 25.2 Å². The zero-order valence-corrected chi connectivity index (χ0v) is 15.2. The van der Waals surface area contributed by atoms with Crippen molar-refractivity contribution in [2.75, 3.05) is 32.8 Å². The van der Waals surface area contributed by atoms with Crippen LogP contribution in [0.1, 0.15) is 12.8 Å². The number of carbonyl (C=O) groups excluding carboxylic acids is 1. The van der Waals surface area contributed by atoms with Crippen LogP contribution in [0.2, 0.25) is 0 Å². The topological polar surface area (TPSA) is 79.8 Å². The number of para-hydroxylation sites is 1. The summed E-state index contributed by atoms with van der Waals surface area (Å²) in [5.74, 6) is -0.0219. The second kappa shape index (κ2) is 6.94. The number of aromatic nitrogens is 1. The molecule has 2 aliphatic heterocycles. The van der Waals surface area contributed by atoms with Gasteiger partial charge in [-0.2, -0.15) is 4.31 Å². The van der Waals surface area contributed by atoms with Crippen molar-refractivity contribution < 1.29 is 17.9 Å². The van der Waals surface area contributed by atoms with Gasteiger partial charge in [0.05, 0.1) is 5.52 Å². The second-order valence-corrected chi connectivity index (χ2v) is 8.47. The number of amides is 1. The van der Waals surface area contributed by atoms with Crippen LogP contribution in [-0.4, -0.2) is 67.4 Å². The van der Waals surface area contributed by atoms with Crippen molar-refractivity contribution in [1.29, 1.82) is 0 Å². The van der Waals surface area contributed by atoms with E-state index < -0.39 is 10.0 Å². The molecule has 7 nitrogen and oxygen atoms in total. The van der Waals surface area contributed by atoms with Gasteiger partial charge in [-0.3, -0.25) is 9.78 Å². The van der Waals surface area contributed by atoms with Crippen molar-refractivity contribution in [2.45, 2.75) is 23.8 Å². The highest BCUT2D eigenvalue weighted by molar-refractivity contribution is 7.89. The zero-order valence-electron chi connectivity index (χ0n) is 14.4. The van der Waals surface area contributed by atoms with Gasteiger partial charge in [-0.1, -0.05) is 18.2 Å². The third kappa shape index (κ3) is 3.08. The summed E-state index contributed by atoms with van der Waals surface area (Å²) < 4.78 is 33.1. The van der Waals surface area contributed by atoms with E-state index in [0.717, 1.165) is 18.2 Å². The molecule has 1 atom stereocenters. The maximum absolute atomic E-state index is 13.1. The fourth-order valence-electron chi connectivity index (χ4n) is 3.55. The fourth-order valence-corrected chi connectivity index (χ4v) is 5.14. The maximum Gasteiger partial charge on any atom is 0.251 e. The molecule has 2 saturated heterocycles. The quantitative estimate of drug-likeness (QED) is 0.807. The monoisotopic (exact) mass is 375 g/mol. The Hall–Kier alpha value is -2.03. The SMILES string of the molecule is O=C(C1CCCO1)N1CCN(S(=O)(=O)c2cccc3cccnc23)CC1. The highest BCUT2D eigenvalue weighted by Gasteiger charge is 2.34. The van der Waals surface area contributed by atoms with E-state index >= 15 is 0 Å². The van der Waals surface area contributed by atoms with Crippen molar-refractivity contribution in [1.82, 2.24) is 14.2 Å². The first-order valence-corrected chi connectivity index (χ1v) is 10.3. The summed E-state index contributed by atoms with van der Waals surface area (Å²) in [6.07, 6.45) is 2.89. The van der Waals surface area contributed by atoms with Gasteiger partial charge in [0.2, 0.25) is 10.0 Å². The van der Waals surface area contributed by atoms with Gasteiger partial charge in [0.1, 0.15) is 11.0 Å². The van der Waals surface area contributed by atoms with Crippen LogP contribution in [0.15, 0.2) is 41.4 Å². The molecule has 0 N–H and O–H groups in total. The lowest BCUT2D eigenvalue weighted by molar-refractivity contribution is -0.142. The van der Waals surface area contributed by atoms with Crippen molar-refractivity contribution >= 4 is 26.8 Å². The first-order valence-electron chi connectivity index (χ1n) is 8.82. The molecule has 2 aromatic rings. The number of hydrogen-bond acceptors (Lipinski definition) is 5. The molecule has 3 heterocycles. The van der Waals surface area contributed by atoms with E-state index in [1.807, 2.05) is 12.1 Å². The number of benzene rings is 1. The highest BCUT2D eigenvalue weighted by Crippen LogP contribution is 2.25. The lowest BCUT2D eigenvalue weighted by Gasteiger charge is -2.35. The van der Waals surface area contributed by atoms with Crippen molar-refractivity contribution in [3.8, 4) is 0 Å². The molecule has 138 valence electrons. The van der Waals surface area contributed by atoms with E-state index in [1.165, 1.54) is 4.31 Å². The number of piperazine rings is 1. The molecular weight excluding hydrogens is 354 g/mol. The summed E-state index contributed by atoms with van der Waals surface area (Å²) >= 11 is 0. The number of fused-ring (bicyclic) bond motifs is 1. The zero-order chi connectivity index (χ0) is 18.1. The third-order valence-electron chi connectivity index (χ3n) is 4.97. The number of rotatable bonds is 3. The Bertz CT molecular complexity index is 912. The number of nitrogens with zero attached hydrogens (tertiary/aromatic N) is 3. The molecule has 8 heteroatoms. The molecule has 1 aromatic heterocycles. The molecule has 4 rings (SSSR count). The minimum absolute atomic E-state index is 0.0219. The summed E-state index contributed by atoms with van der Waals surface area (Å²) in [6.45, 7) is 1.96. The molecule has 1 aromatic carbocycles. The minimum atomic E-state index is -3.66. The smallest absolute Gasteiger partial charge is 0.251 e. The largest absolute Gasteiger partial charge is 0.368 e. The number of hydrogen-bond donors (Lipinski definition) is 0. The van der Waals surface area contributed by atoms with Crippen molar-refractivity contribution in [2.24, 2.45) is 0 Å². The molecule has 1 amide bonds. The molecule has 2 aliphatic rings. The van der Waals surface area contributed by atoms with Crippen LogP contribution < -0.4 is 0 Å². The van der Waals surface area contributed by atoms with Crippen LogP contribution in [0, 0.1) is 0 Å². The van der Waals surface area contributed by atoms with Crippen molar-refractivity contribution in [3.63, 3.8) is 0 Å². The van der Waals surface area contributed by atoms with Gasteiger partial charge in [0.25, 0.3) is 5.91 Å². The lowest BCUT2D eigenvalue weighted by atomic mass is 10.2. The predicted octanol–water partition coefficient (Wildman–Crippen LogP) is 1.25. The Morgan fingerprint density at radius 1 is 1.12 bits per heavy atom. The van der Waals surface area contributed by atoms with Crippen LogP contribution in [0.25, 0.3) is 10.9 Å². The van der Waals surface area contributed by atoms with Gasteiger partial charge < -0.3 is 9.64 Å². The van der Waals surface area contributed by atoms with E-state index in [-0.39, 0.29) is 30.0 Å². The summed E-state index contributed by atoms with van der Waals surface area (Å²) in [4.78, 5) is 18.6. The van der Waals surface area contributed by atoms with Crippen LogP contribution in [0.4, 0.5) is 0 Å². The number of pyridine rings is 1. The Balaban J connectivity index is 1.52. The highest BCUT2D eigenvalue weighted by atomic mass is 32.2. The van der Waals surface area contributed by atoms with Crippen molar-refractivity contribution in [3.05, 3.63) is 36.5 Å². The average molecular weight is 375 g/mol. The first kappa shape index (κ1) is 17.4. The second-order valence-electron chi connectivity index (χ2n) is 6.56. The summed E-state index contributed by atoms with van der Waals surface area (Å²) in [7, 11) is -3.66. The number of sulfonamides is 1. The van der Waals surface area contributed by atoms with Crippen LogP contribution in [-0.2, 0) is 19.6 Å². The van der Waals surface area contributed by atoms with Gasteiger partial charge in [-0.15, -0.1) is 0 Å². The van der Waals surface area contributed by atoms with Crippen LogP contribution in [0.3, 0.4) is 0 Å². The number of ether oxygens (including phenoxy) is 1. The lowest BCUT2D eigenvalue weighted by Crippen LogP contribution is -2.52. The normalized spacial score (nSPS) is 22.0. The maximum atomic E-state index is 13.1. The molecule has 0 spiro atoms. The molecule has 0 bridgehead atoms. The Morgan fingerprint density at radius 3 is 2.62 bits per heavy atom. The third-order valence-corrected chi connectivity index (χ3v) is 6.90. The molecule has 0 radical (unpaired) electrons. The van der Waals surface area contributed by atoms with E-state index in [4.69, 9.17) is 4.74 Å². The summed E-state index contributed by atoms with van der Waals surface area (Å²) in [6, 6.07) is 8.80. The first-order chi connectivity index (χ1) is 12.6. The van der Waals surface area contributed by atoms with Gasteiger partial charge in [-0.05, 0) is 25.0 Å². The standard InChI is InChI=1S/C18H21N3O4S/c22-18(15-6-3-13-25-15)20-9-11-21(12-10-20)26(23,24)16-7-1-4-14-5-2-8-19-17(14)16/h1-2,4-5,7-8,15H,3,6,9-13H2. The molecule has 26 heavy (non-hydrogen) atoms. The Labute approximate surface area is 152 Å². The Kier molecular flexibility index (Phi) is 4.64. The fraction of sp³-hybridized carbons (Fsp3) is 0.444. The summed E-state index contributed by atoms with van der Waals surface area (Å²) in [5, 5.41) is 0.792. The van der Waals surface area contributed by atoms with E-state index in [9.17, 15) is 13.2 Å². The molecular formula is C18H21N3O4S. The molecule has 2 fully saturated rings. The molecule has 0 aliphatic carbocycles. The van der Waals surface area contributed by atoms with E-state index in [2.05, 4.69) is 4.98 Å². The average Bonchev–Trinajstić information content (AvgIpc) is 3.22. The molecule has 0 saturated carbocycles. The van der Waals surface area contributed by atoms with E-state index in [1.54, 1.807) is 29.3 Å². The minimum Gasteiger partial charge on any atom is -0.368 e. The number of carbonyl (C=O) groups is 1. The van der Waals surface area contributed by atoms with Crippen LogP contribution >= 0.6 is 0 Å². The summed E-state index contributed by atoms with van der Waals surface area (Å²) in [5.41, 5.74) is 0.480. The van der Waals surface area contributed by atoms with Gasteiger partial charge in [-0.25, -0.2) is 8.42 Å². The predicted molar refractivity (Wildman–Crippen MR) is 96.1 cm³/mol. The Morgan fingerprint density at radius 2 is 1.88 bits per heavy atom. The van der Waals surface area contributed by atoms with Gasteiger partial charge in [0, 0.05) is 44.4 Å².